The molecule has 5 atom stereocenters. The summed E-state index contributed by atoms with van der Waals surface area (Å²) >= 11 is 0. The van der Waals surface area contributed by atoms with E-state index in [2.05, 4.69) is 57.8 Å². The number of imide groups is 1. The van der Waals surface area contributed by atoms with Crippen LogP contribution in [0.1, 0.15) is 123 Å². The average Bonchev–Trinajstić information content (AvgIpc) is 3.29. The molecule has 19 heteroatoms. The number of carbonyl (C=O) groups excluding carboxylic acids is 7. The lowest BCUT2D eigenvalue weighted by Crippen LogP contribution is -2.45. The Morgan fingerprint density at radius 3 is 1.95 bits per heavy atom. The predicted molar refractivity (Wildman–Crippen MR) is 330 cm³/mol. The molecular weight excluding hydrogens is 1090 g/mol. The third-order valence-electron chi connectivity index (χ3n) is 17.1. The third-order valence-corrected chi connectivity index (χ3v) is 17.1. The number of amides is 6. The number of likely N-dealkylation sites (N-methyl/N-ethyl adjacent to an activating group) is 1. The minimum atomic E-state index is -0.753. The number of piperazine rings is 1. The van der Waals surface area contributed by atoms with Crippen molar-refractivity contribution in [3.05, 3.63) is 119 Å². The number of anilines is 2. The van der Waals surface area contributed by atoms with Crippen LogP contribution >= 0.6 is 0 Å². The molecule has 4 aromatic carbocycles. The maximum atomic E-state index is 14.2. The first kappa shape index (κ1) is 60.5. The third kappa shape index (κ3) is 13.6. The summed E-state index contributed by atoms with van der Waals surface area (Å²) in [4.78, 5) is 106. The molecule has 2 unspecified atom stereocenters. The zero-order valence-corrected chi connectivity index (χ0v) is 50.3. The van der Waals surface area contributed by atoms with Crippen LogP contribution in [0.25, 0.3) is 17.2 Å². The van der Waals surface area contributed by atoms with Crippen molar-refractivity contribution >= 4 is 81.7 Å². The number of hydrogen-bond donors (Lipinski definition) is 2. The van der Waals surface area contributed by atoms with Crippen LogP contribution in [0.3, 0.4) is 0 Å². The number of nitrogens with zero attached hydrogens (tertiary/aromatic N) is 6. The molecule has 0 aromatic heterocycles. The zero-order valence-electron chi connectivity index (χ0n) is 50.3. The largest absolute Gasteiger partial charge is 0.493 e. The zero-order chi connectivity index (χ0) is 60.8. The monoisotopic (exact) mass is 1170 g/mol. The van der Waals surface area contributed by atoms with Gasteiger partial charge >= 0.3 is 0 Å². The van der Waals surface area contributed by atoms with E-state index in [9.17, 15) is 33.6 Å². The standard InChI is InChI=1S/C67H78N8O11/c1-41(2)63(70-61(77)12-9-8-10-23-73-62(78)31-43(4)65(73)80)56(76)30-42(3)64(79)69-49-18-13-44(14-19-49)48-33-52-38-68-55-37-60(58(84-7)36-54(55)67(82)75(52)40-48)86-29-11-28-85-59-34-46-17-22-51-32-47(39-74(51)66(81)53(46)35-57(59)83-6)45-15-20-50(21-16-45)72-26-24-71(5)25-27-72/h13-22,34-43,51-52,63H,8-12,23-33H2,1-7H3,(H,69,79)(H,70,77)/t42-,43?,51-,52+,63?/m1/s1. The Labute approximate surface area is 503 Å². The summed E-state index contributed by atoms with van der Waals surface area (Å²) < 4.78 is 23.9. The summed E-state index contributed by atoms with van der Waals surface area (Å²) in [6.07, 6.45) is 13.6. The van der Waals surface area contributed by atoms with Crippen LogP contribution in [0.2, 0.25) is 0 Å². The minimum Gasteiger partial charge on any atom is -0.493 e. The van der Waals surface area contributed by atoms with Gasteiger partial charge in [-0.25, -0.2) is 0 Å². The van der Waals surface area contributed by atoms with Crippen molar-refractivity contribution in [2.75, 3.05) is 77.4 Å². The highest BCUT2D eigenvalue weighted by Gasteiger charge is 2.37. The Hall–Kier alpha value is -8.58. The fourth-order valence-electron chi connectivity index (χ4n) is 11.9. The van der Waals surface area contributed by atoms with Crippen LogP contribution in [-0.2, 0) is 24.0 Å². The summed E-state index contributed by atoms with van der Waals surface area (Å²) in [6.45, 7) is 12.1. The van der Waals surface area contributed by atoms with Gasteiger partial charge in [0.15, 0.2) is 28.8 Å². The van der Waals surface area contributed by atoms with Gasteiger partial charge in [0, 0.05) is 113 Å². The average molecular weight is 1170 g/mol. The highest BCUT2D eigenvalue weighted by molar-refractivity contribution is 6.06. The maximum absolute atomic E-state index is 14.2. The van der Waals surface area contributed by atoms with Gasteiger partial charge in [-0.2, -0.15) is 0 Å². The fraction of sp³-hybridized carbons (Fsp3) is 0.433. The van der Waals surface area contributed by atoms with E-state index in [1.807, 2.05) is 55.4 Å². The molecule has 2 saturated heterocycles. The SMILES string of the molecule is COc1cc2c(cc1OCCCOc1cc3c(cc1OC)C(=O)N1C=C(c4ccc(NC(=O)[C@H](C)CC(=O)C(NC(=O)CCCCCN5C(=O)CC(C)C5=O)C(C)C)cc4)C[C@H]1C=N3)C=C[C@@H]1CC(c3ccc(N4CCN(C)CC4)cc3)=CN1C2=O. The van der Waals surface area contributed by atoms with E-state index in [1.165, 1.54) is 17.7 Å². The van der Waals surface area contributed by atoms with Crippen LogP contribution in [0.4, 0.5) is 17.1 Å². The molecule has 0 aliphatic carbocycles. The van der Waals surface area contributed by atoms with Gasteiger partial charge in [-0.15, -0.1) is 0 Å². The fourth-order valence-corrected chi connectivity index (χ4v) is 11.9. The molecule has 0 saturated carbocycles. The number of fused-ring (bicyclic) bond motifs is 4. The van der Waals surface area contributed by atoms with Crippen molar-refractivity contribution in [3.63, 3.8) is 0 Å². The molecule has 6 aliphatic rings. The summed E-state index contributed by atoms with van der Waals surface area (Å²) in [5, 5.41) is 5.78. The van der Waals surface area contributed by atoms with Crippen molar-refractivity contribution in [1.82, 2.24) is 24.9 Å². The van der Waals surface area contributed by atoms with Crippen LogP contribution in [-0.4, -0.2) is 152 Å². The van der Waals surface area contributed by atoms with Crippen molar-refractivity contribution in [1.29, 1.82) is 0 Å². The van der Waals surface area contributed by atoms with Crippen molar-refractivity contribution in [3.8, 4) is 23.0 Å². The first-order valence-corrected chi connectivity index (χ1v) is 30.1. The quantitative estimate of drug-likeness (QED) is 0.0496. The van der Waals surface area contributed by atoms with Gasteiger partial charge < -0.3 is 49.2 Å². The Balaban J connectivity index is 0.680. The number of nitrogens with one attached hydrogen (secondary N) is 2. The number of Topliss-reactive ketones (excluding diaryl/α,β-unsaturated/α-hetero) is 1. The first-order chi connectivity index (χ1) is 41.5. The smallest absolute Gasteiger partial charge is 0.260 e. The second-order valence-electron chi connectivity index (χ2n) is 23.6. The van der Waals surface area contributed by atoms with E-state index < -0.39 is 12.0 Å². The molecule has 0 spiro atoms. The maximum Gasteiger partial charge on any atom is 0.260 e. The van der Waals surface area contributed by atoms with Gasteiger partial charge in [-0.3, -0.25) is 43.5 Å². The molecule has 6 aliphatic heterocycles. The molecule has 4 aromatic rings. The number of ether oxygens (including phenoxy) is 4. The number of benzene rings is 4. The molecule has 6 amide bonds. The van der Waals surface area contributed by atoms with Crippen molar-refractivity contribution in [2.24, 2.45) is 22.7 Å². The number of aliphatic imine (C=N–C) groups is 1. The number of rotatable bonds is 24. The van der Waals surface area contributed by atoms with Crippen LogP contribution in [0.15, 0.2) is 96.3 Å². The second-order valence-corrected chi connectivity index (χ2v) is 23.6. The molecule has 452 valence electrons. The molecule has 0 radical (unpaired) electrons. The molecule has 2 N–H and O–H groups in total. The Morgan fingerprint density at radius 2 is 1.31 bits per heavy atom. The molecule has 0 bridgehead atoms. The number of methoxy groups -OCH3 is 2. The van der Waals surface area contributed by atoms with Gasteiger partial charge in [-0.05, 0) is 103 Å². The van der Waals surface area contributed by atoms with Crippen LogP contribution in [0, 0.1) is 17.8 Å². The summed E-state index contributed by atoms with van der Waals surface area (Å²) in [5.74, 6) is -0.825. The van der Waals surface area contributed by atoms with E-state index >= 15 is 0 Å². The Bertz CT molecular complexity index is 3380. The van der Waals surface area contributed by atoms with E-state index in [0.29, 0.717) is 97.2 Å². The molecule has 6 heterocycles. The Kier molecular flexibility index (Phi) is 18.8. The molecule has 10 rings (SSSR count). The van der Waals surface area contributed by atoms with E-state index in [-0.39, 0.29) is 91.0 Å². The highest BCUT2D eigenvalue weighted by atomic mass is 16.5. The lowest BCUT2D eigenvalue weighted by molar-refractivity contribution is -0.139. The molecule has 2 fully saturated rings. The number of ketones is 1. The molecule has 19 nitrogen and oxygen atoms in total. The summed E-state index contributed by atoms with van der Waals surface area (Å²) in [5.41, 5.74) is 7.89. The summed E-state index contributed by atoms with van der Waals surface area (Å²) in [6, 6.07) is 21.8. The van der Waals surface area contributed by atoms with Gasteiger partial charge in [0.25, 0.3) is 11.8 Å². The van der Waals surface area contributed by atoms with Crippen molar-refractivity contribution < 1.29 is 52.5 Å². The van der Waals surface area contributed by atoms with Crippen LogP contribution in [0.5, 0.6) is 23.0 Å². The first-order valence-electron chi connectivity index (χ1n) is 30.1. The topological polar surface area (TPSA) is 209 Å². The van der Waals surface area contributed by atoms with Gasteiger partial charge in [0.05, 0.1) is 62.4 Å². The number of unbranched alkanes of at least 4 members (excludes halogenated alkanes) is 2. The number of likely N-dealkylation sites (tertiary alicyclic amines) is 1. The predicted octanol–water partition coefficient (Wildman–Crippen LogP) is 9.19. The summed E-state index contributed by atoms with van der Waals surface area (Å²) in [7, 11) is 5.24. The Morgan fingerprint density at radius 1 is 0.698 bits per heavy atom. The van der Waals surface area contributed by atoms with Gasteiger partial charge in [-0.1, -0.05) is 70.5 Å². The van der Waals surface area contributed by atoms with Crippen LogP contribution < -0.4 is 34.5 Å². The number of hydrogen-bond acceptors (Lipinski definition) is 14. The van der Waals surface area contributed by atoms with Gasteiger partial charge in [0.2, 0.25) is 23.6 Å². The number of carbonyl (C=O) groups is 7. The normalized spacial score (nSPS) is 19.7. The van der Waals surface area contributed by atoms with E-state index in [1.54, 1.807) is 62.4 Å². The van der Waals surface area contributed by atoms with Crippen molar-refractivity contribution in [2.45, 2.75) is 104 Å². The lowest BCUT2D eigenvalue weighted by atomic mass is 9.92. The lowest BCUT2D eigenvalue weighted by Gasteiger charge is -2.34. The molecular formula is C67H78N8O11. The highest BCUT2D eigenvalue weighted by Crippen LogP contribution is 2.42. The van der Waals surface area contributed by atoms with E-state index in [4.69, 9.17) is 23.9 Å². The molecule has 86 heavy (non-hydrogen) atoms. The van der Waals surface area contributed by atoms with E-state index in [0.717, 1.165) is 54.0 Å². The second kappa shape index (κ2) is 26.8. The van der Waals surface area contributed by atoms with Gasteiger partial charge in [0.1, 0.15) is 0 Å². The minimum absolute atomic E-state index is 0.0613.